The van der Waals surface area contributed by atoms with Crippen LogP contribution in [0.4, 0.5) is 5.95 Å². The highest BCUT2D eigenvalue weighted by molar-refractivity contribution is 7.90. The first-order valence-corrected chi connectivity index (χ1v) is 6.93. The highest BCUT2D eigenvalue weighted by Gasteiger charge is 2.07. The molecule has 0 aliphatic heterocycles. The van der Waals surface area contributed by atoms with E-state index in [9.17, 15) is 8.42 Å². The molecule has 0 saturated heterocycles. The molecule has 0 fully saturated rings. The monoisotopic (exact) mass is 251 g/mol. The first-order chi connectivity index (χ1) is 8.00. The van der Waals surface area contributed by atoms with E-state index in [0.717, 1.165) is 11.3 Å². The molecule has 1 heterocycles. The van der Waals surface area contributed by atoms with Gasteiger partial charge in [-0.2, -0.15) is 0 Å². The number of rotatable bonds is 3. The van der Waals surface area contributed by atoms with Crippen molar-refractivity contribution in [2.75, 3.05) is 18.6 Å². The Balaban J connectivity index is 2.35. The van der Waals surface area contributed by atoms with Crippen molar-refractivity contribution in [3.05, 3.63) is 30.5 Å². The van der Waals surface area contributed by atoms with E-state index in [4.69, 9.17) is 0 Å². The third kappa shape index (κ3) is 2.47. The molecule has 0 radical (unpaired) electrons. The summed E-state index contributed by atoms with van der Waals surface area (Å²) >= 11 is 0. The Labute approximate surface area is 99.8 Å². The van der Waals surface area contributed by atoms with Gasteiger partial charge < -0.3 is 10.3 Å². The number of sulfone groups is 1. The third-order valence-corrected chi connectivity index (χ3v) is 3.53. The van der Waals surface area contributed by atoms with E-state index in [1.165, 1.54) is 6.26 Å². The summed E-state index contributed by atoms with van der Waals surface area (Å²) < 4.78 is 22.6. The molecule has 17 heavy (non-hydrogen) atoms. The number of imidazole rings is 1. The lowest BCUT2D eigenvalue weighted by atomic mass is 10.2. The van der Waals surface area contributed by atoms with Crippen molar-refractivity contribution < 1.29 is 8.42 Å². The average molecular weight is 251 g/mol. The van der Waals surface area contributed by atoms with Crippen LogP contribution in [0.1, 0.15) is 0 Å². The molecule has 2 N–H and O–H groups in total. The summed E-state index contributed by atoms with van der Waals surface area (Å²) in [4.78, 5) is 7.48. The number of anilines is 1. The van der Waals surface area contributed by atoms with Gasteiger partial charge >= 0.3 is 0 Å². The third-order valence-electron chi connectivity index (χ3n) is 2.41. The van der Waals surface area contributed by atoms with E-state index >= 15 is 0 Å². The SMILES string of the molecule is CNc1ncc(-c2ccc(S(C)(=O)=O)cc2)[nH]1. The molecule has 0 atom stereocenters. The van der Waals surface area contributed by atoms with E-state index in [1.54, 1.807) is 37.5 Å². The number of hydrogen-bond acceptors (Lipinski definition) is 4. The van der Waals surface area contributed by atoms with Crippen LogP contribution >= 0.6 is 0 Å². The molecule has 2 rings (SSSR count). The van der Waals surface area contributed by atoms with Gasteiger partial charge in [0, 0.05) is 13.3 Å². The summed E-state index contributed by atoms with van der Waals surface area (Å²) in [5, 5.41) is 2.89. The molecule has 0 amide bonds. The zero-order valence-electron chi connectivity index (χ0n) is 9.56. The summed E-state index contributed by atoms with van der Waals surface area (Å²) in [5.41, 5.74) is 1.74. The van der Waals surface area contributed by atoms with Gasteiger partial charge in [-0.25, -0.2) is 13.4 Å². The fourth-order valence-corrected chi connectivity index (χ4v) is 2.11. The molecule has 0 aliphatic carbocycles. The molecule has 0 saturated carbocycles. The Kier molecular flexibility index (Phi) is 2.89. The number of hydrogen-bond donors (Lipinski definition) is 2. The highest BCUT2D eigenvalue weighted by atomic mass is 32.2. The van der Waals surface area contributed by atoms with Crippen molar-refractivity contribution in [2.24, 2.45) is 0 Å². The minimum absolute atomic E-state index is 0.314. The van der Waals surface area contributed by atoms with Crippen molar-refractivity contribution >= 4 is 15.8 Å². The van der Waals surface area contributed by atoms with Crippen molar-refractivity contribution in [1.82, 2.24) is 9.97 Å². The Bertz CT molecular complexity index is 614. The van der Waals surface area contributed by atoms with Gasteiger partial charge in [-0.05, 0) is 17.7 Å². The highest BCUT2D eigenvalue weighted by Crippen LogP contribution is 2.20. The number of aromatic nitrogens is 2. The molecule has 90 valence electrons. The van der Waals surface area contributed by atoms with Crippen molar-refractivity contribution in [3.8, 4) is 11.3 Å². The lowest BCUT2D eigenvalue weighted by Gasteiger charge is -2.00. The lowest BCUT2D eigenvalue weighted by molar-refractivity contribution is 0.602. The van der Waals surface area contributed by atoms with Gasteiger partial charge in [0.25, 0.3) is 0 Å². The molecule has 0 bridgehead atoms. The maximum atomic E-state index is 11.3. The molecule has 1 aromatic carbocycles. The number of nitrogens with one attached hydrogen (secondary N) is 2. The molecule has 1 aromatic heterocycles. The van der Waals surface area contributed by atoms with Crippen LogP contribution in [0.2, 0.25) is 0 Å². The number of H-pyrrole nitrogens is 1. The van der Waals surface area contributed by atoms with E-state index in [0.29, 0.717) is 10.8 Å². The van der Waals surface area contributed by atoms with E-state index in [2.05, 4.69) is 15.3 Å². The quantitative estimate of drug-likeness (QED) is 0.867. The van der Waals surface area contributed by atoms with Crippen LogP contribution in [0.15, 0.2) is 35.4 Å². The zero-order chi connectivity index (χ0) is 12.5. The topological polar surface area (TPSA) is 74.8 Å². The molecule has 2 aromatic rings. The van der Waals surface area contributed by atoms with Crippen molar-refractivity contribution in [2.45, 2.75) is 4.90 Å². The molecular weight excluding hydrogens is 238 g/mol. The standard InChI is InChI=1S/C11H13N3O2S/c1-12-11-13-7-10(14-11)8-3-5-9(6-4-8)17(2,15)16/h3-7H,1-2H3,(H2,12,13,14). The lowest BCUT2D eigenvalue weighted by Crippen LogP contribution is -1.96. The van der Waals surface area contributed by atoms with Gasteiger partial charge in [-0.3, -0.25) is 0 Å². The van der Waals surface area contributed by atoms with Gasteiger partial charge in [0.2, 0.25) is 0 Å². The second kappa shape index (κ2) is 4.21. The van der Waals surface area contributed by atoms with Crippen LogP contribution in [0.25, 0.3) is 11.3 Å². The fraction of sp³-hybridized carbons (Fsp3) is 0.182. The summed E-state index contributed by atoms with van der Waals surface area (Å²) in [5.74, 6) is 0.673. The minimum Gasteiger partial charge on any atom is -0.359 e. The number of aromatic amines is 1. The average Bonchev–Trinajstić information content (AvgIpc) is 2.76. The predicted octanol–water partition coefficient (Wildman–Crippen LogP) is 1.52. The zero-order valence-corrected chi connectivity index (χ0v) is 10.4. The number of nitrogens with zero attached hydrogens (tertiary/aromatic N) is 1. The molecule has 6 heteroatoms. The van der Waals surface area contributed by atoms with Crippen molar-refractivity contribution in [3.63, 3.8) is 0 Å². The summed E-state index contributed by atoms with van der Waals surface area (Å²) in [7, 11) is -1.37. The molecule has 0 unspecified atom stereocenters. The smallest absolute Gasteiger partial charge is 0.200 e. The molecule has 0 spiro atoms. The van der Waals surface area contributed by atoms with Crippen LogP contribution in [0.5, 0.6) is 0 Å². The first-order valence-electron chi connectivity index (χ1n) is 5.04. The molecule has 5 nitrogen and oxygen atoms in total. The molecular formula is C11H13N3O2S. The Morgan fingerprint density at radius 3 is 2.35 bits per heavy atom. The van der Waals surface area contributed by atoms with Gasteiger partial charge in [-0.15, -0.1) is 0 Å². The molecule has 0 aliphatic rings. The largest absolute Gasteiger partial charge is 0.359 e. The van der Waals surface area contributed by atoms with Gasteiger partial charge in [-0.1, -0.05) is 12.1 Å². The summed E-state index contributed by atoms with van der Waals surface area (Å²) in [6, 6.07) is 6.68. The Morgan fingerprint density at radius 2 is 1.88 bits per heavy atom. The van der Waals surface area contributed by atoms with Crippen LogP contribution in [-0.2, 0) is 9.84 Å². The normalized spacial score (nSPS) is 11.4. The van der Waals surface area contributed by atoms with Crippen molar-refractivity contribution in [1.29, 1.82) is 0 Å². The Hall–Kier alpha value is -1.82. The summed E-state index contributed by atoms with van der Waals surface area (Å²) in [6.07, 6.45) is 2.89. The van der Waals surface area contributed by atoms with E-state index < -0.39 is 9.84 Å². The maximum Gasteiger partial charge on any atom is 0.200 e. The van der Waals surface area contributed by atoms with Gasteiger partial charge in [0.1, 0.15) is 0 Å². The fourth-order valence-electron chi connectivity index (χ4n) is 1.48. The van der Waals surface area contributed by atoms with E-state index in [-0.39, 0.29) is 0 Å². The van der Waals surface area contributed by atoms with Gasteiger partial charge in [0.05, 0.1) is 16.8 Å². The maximum absolute atomic E-state index is 11.3. The van der Waals surface area contributed by atoms with Gasteiger partial charge in [0.15, 0.2) is 15.8 Å². The number of benzene rings is 1. The van der Waals surface area contributed by atoms with Crippen LogP contribution < -0.4 is 5.32 Å². The van der Waals surface area contributed by atoms with Crippen LogP contribution in [-0.4, -0.2) is 31.7 Å². The first kappa shape index (κ1) is 11.7. The Morgan fingerprint density at radius 1 is 1.24 bits per heavy atom. The van der Waals surface area contributed by atoms with Crippen LogP contribution in [0, 0.1) is 0 Å². The second-order valence-electron chi connectivity index (χ2n) is 3.69. The van der Waals surface area contributed by atoms with E-state index in [1.807, 2.05) is 0 Å². The van der Waals surface area contributed by atoms with Crippen LogP contribution in [0.3, 0.4) is 0 Å². The summed E-state index contributed by atoms with van der Waals surface area (Å²) in [6.45, 7) is 0. The minimum atomic E-state index is -3.14. The predicted molar refractivity (Wildman–Crippen MR) is 66.7 cm³/mol. The second-order valence-corrected chi connectivity index (χ2v) is 5.71.